The molecule has 5 nitrogen and oxygen atoms in total. The molecule has 2 heterocycles. The summed E-state index contributed by atoms with van der Waals surface area (Å²) in [4.78, 5) is 37.8. The summed E-state index contributed by atoms with van der Waals surface area (Å²) in [5, 5.41) is -0.473. The van der Waals surface area contributed by atoms with Gasteiger partial charge in [0.2, 0.25) is 5.91 Å². The van der Waals surface area contributed by atoms with Crippen molar-refractivity contribution in [2.24, 2.45) is 11.8 Å². The van der Waals surface area contributed by atoms with Crippen molar-refractivity contribution in [2.75, 3.05) is 13.7 Å². The minimum Gasteiger partial charge on any atom is -0.468 e. The number of methoxy groups -OCH3 is 1. The molecule has 0 aromatic heterocycles. The molecule has 0 aromatic carbocycles. The third-order valence-corrected chi connectivity index (χ3v) is 6.06. The number of esters is 1. The van der Waals surface area contributed by atoms with Crippen LogP contribution in [0.2, 0.25) is 0 Å². The predicted octanol–water partition coefficient (Wildman–Crippen LogP) is 1.21. The number of Topliss-reactive ketones (excluding diaryl/α,β-unsaturated/α-hetero) is 1. The second-order valence-electron chi connectivity index (χ2n) is 5.74. The zero-order chi connectivity index (χ0) is 14.3. The van der Waals surface area contributed by atoms with Crippen molar-refractivity contribution in [2.45, 2.75) is 42.7 Å². The first-order valence-corrected chi connectivity index (χ1v) is 8.15. The first-order chi connectivity index (χ1) is 9.63. The summed E-state index contributed by atoms with van der Waals surface area (Å²) in [7, 11) is 1.35. The standard InChI is InChI=1S/C14H19NO4S/c1-19-14(18)9-7-15-12(17)10(13(15)20-9)11(16)8-5-3-2-4-6-8/h8-10,13H,2-7H2,1H3/t9-,10-,13+/m0/s1. The highest BCUT2D eigenvalue weighted by Crippen LogP contribution is 2.46. The van der Waals surface area contributed by atoms with Crippen LogP contribution in [0.1, 0.15) is 32.1 Å². The number of ether oxygens (including phenoxy) is 1. The fourth-order valence-electron chi connectivity index (χ4n) is 3.42. The number of amides is 1. The van der Waals surface area contributed by atoms with E-state index in [4.69, 9.17) is 4.74 Å². The Balaban J connectivity index is 1.66. The maximum Gasteiger partial charge on any atom is 0.320 e. The second kappa shape index (κ2) is 5.39. The monoisotopic (exact) mass is 297 g/mol. The number of hydrogen-bond acceptors (Lipinski definition) is 5. The van der Waals surface area contributed by atoms with E-state index in [0.29, 0.717) is 6.54 Å². The molecule has 2 saturated heterocycles. The average Bonchev–Trinajstić information content (AvgIpc) is 2.87. The fourth-order valence-corrected chi connectivity index (χ4v) is 4.96. The number of ketones is 1. The molecule has 1 aliphatic carbocycles. The highest BCUT2D eigenvalue weighted by atomic mass is 32.2. The van der Waals surface area contributed by atoms with Crippen molar-refractivity contribution < 1.29 is 19.1 Å². The third-order valence-electron chi connectivity index (χ3n) is 4.59. The number of hydrogen-bond donors (Lipinski definition) is 0. The largest absolute Gasteiger partial charge is 0.468 e. The number of carbonyl (C=O) groups is 3. The molecule has 2 aliphatic heterocycles. The molecular weight excluding hydrogens is 278 g/mol. The molecule has 3 aliphatic rings. The van der Waals surface area contributed by atoms with E-state index in [1.54, 1.807) is 4.90 Å². The van der Waals surface area contributed by atoms with Crippen LogP contribution in [-0.2, 0) is 19.1 Å². The van der Waals surface area contributed by atoms with Crippen molar-refractivity contribution >= 4 is 29.4 Å². The van der Waals surface area contributed by atoms with Gasteiger partial charge in [-0.05, 0) is 12.8 Å². The van der Waals surface area contributed by atoms with Crippen molar-refractivity contribution in [3.05, 3.63) is 0 Å². The van der Waals surface area contributed by atoms with Crippen LogP contribution in [0.25, 0.3) is 0 Å². The molecule has 0 bridgehead atoms. The summed E-state index contributed by atoms with van der Waals surface area (Å²) in [5.41, 5.74) is 0. The second-order valence-corrected chi connectivity index (χ2v) is 7.07. The molecule has 3 atom stereocenters. The van der Waals surface area contributed by atoms with Gasteiger partial charge in [-0.1, -0.05) is 19.3 Å². The zero-order valence-corrected chi connectivity index (χ0v) is 12.4. The van der Waals surface area contributed by atoms with E-state index in [1.807, 2.05) is 0 Å². The minimum atomic E-state index is -0.516. The van der Waals surface area contributed by atoms with Crippen LogP contribution in [0.5, 0.6) is 0 Å². The van der Waals surface area contributed by atoms with Gasteiger partial charge in [-0.15, -0.1) is 11.8 Å². The number of carbonyl (C=O) groups excluding carboxylic acids is 3. The summed E-state index contributed by atoms with van der Waals surface area (Å²) in [6.45, 7) is 0.384. The van der Waals surface area contributed by atoms with E-state index < -0.39 is 5.92 Å². The fraction of sp³-hybridized carbons (Fsp3) is 0.786. The van der Waals surface area contributed by atoms with Crippen LogP contribution in [0, 0.1) is 11.8 Å². The van der Waals surface area contributed by atoms with Crippen molar-refractivity contribution in [3.8, 4) is 0 Å². The molecular formula is C14H19NO4S. The van der Waals surface area contributed by atoms with Crippen LogP contribution in [0.3, 0.4) is 0 Å². The van der Waals surface area contributed by atoms with Crippen LogP contribution < -0.4 is 0 Å². The van der Waals surface area contributed by atoms with Crippen LogP contribution >= 0.6 is 11.8 Å². The van der Waals surface area contributed by atoms with E-state index in [-0.39, 0.29) is 34.2 Å². The van der Waals surface area contributed by atoms with E-state index in [2.05, 4.69) is 0 Å². The predicted molar refractivity (Wildman–Crippen MR) is 74.0 cm³/mol. The lowest BCUT2D eigenvalue weighted by molar-refractivity contribution is -0.156. The SMILES string of the molecule is COC(=O)[C@@H]1CN2C(=O)[C@H](C(=O)C3CCCCC3)[C@H]2S1. The molecule has 0 unspecified atom stereocenters. The smallest absolute Gasteiger partial charge is 0.320 e. The van der Waals surface area contributed by atoms with Gasteiger partial charge >= 0.3 is 5.97 Å². The van der Waals surface area contributed by atoms with Crippen LogP contribution in [0.15, 0.2) is 0 Å². The van der Waals surface area contributed by atoms with E-state index >= 15 is 0 Å². The first kappa shape index (κ1) is 13.9. The van der Waals surface area contributed by atoms with Crippen LogP contribution in [0.4, 0.5) is 0 Å². The van der Waals surface area contributed by atoms with Gasteiger partial charge < -0.3 is 9.64 Å². The Morgan fingerprint density at radius 3 is 2.60 bits per heavy atom. The molecule has 0 N–H and O–H groups in total. The highest BCUT2D eigenvalue weighted by Gasteiger charge is 2.58. The molecule has 0 radical (unpaired) electrons. The van der Waals surface area contributed by atoms with Gasteiger partial charge in [0.25, 0.3) is 0 Å². The number of rotatable bonds is 3. The lowest BCUT2D eigenvalue weighted by Crippen LogP contribution is -2.60. The van der Waals surface area contributed by atoms with Gasteiger partial charge in [-0.2, -0.15) is 0 Å². The van der Waals surface area contributed by atoms with Gasteiger partial charge in [0, 0.05) is 12.5 Å². The number of fused-ring (bicyclic) bond motifs is 1. The summed E-state index contributed by atoms with van der Waals surface area (Å²) < 4.78 is 4.72. The Bertz CT molecular complexity index is 446. The van der Waals surface area contributed by atoms with Gasteiger partial charge in [0.1, 0.15) is 11.2 Å². The molecule has 1 amide bonds. The minimum absolute atomic E-state index is 0.0534. The molecule has 0 aromatic rings. The van der Waals surface area contributed by atoms with Crippen molar-refractivity contribution in [1.29, 1.82) is 0 Å². The Kier molecular flexibility index (Phi) is 3.75. The van der Waals surface area contributed by atoms with Crippen LogP contribution in [-0.4, -0.2) is 46.8 Å². The molecule has 0 spiro atoms. The first-order valence-electron chi connectivity index (χ1n) is 7.21. The molecule has 6 heteroatoms. The summed E-state index contributed by atoms with van der Waals surface area (Å²) >= 11 is 1.41. The van der Waals surface area contributed by atoms with E-state index in [1.165, 1.54) is 25.3 Å². The van der Waals surface area contributed by atoms with Gasteiger partial charge in [0.05, 0.1) is 12.5 Å². The maximum atomic E-state index is 12.5. The summed E-state index contributed by atoms with van der Waals surface area (Å²) in [6.07, 6.45) is 5.20. The third kappa shape index (κ3) is 2.14. The zero-order valence-electron chi connectivity index (χ0n) is 11.5. The lowest BCUT2D eigenvalue weighted by atomic mass is 9.78. The number of nitrogens with zero attached hydrogens (tertiary/aromatic N) is 1. The van der Waals surface area contributed by atoms with E-state index in [0.717, 1.165) is 25.7 Å². The topological polar surface area (TPSA) is 63.7 Å². The number of β-lactam (4-membered cyclic amide) rings is 1. The normalized spacial score (nSPS) is 33.5. The number of thioether (sulfide) groups is 1. The van der Waals surface area contributed by atoms with Gasteiger partial charge in [0.15, 0.2) is 5.78 Å². The molecule has 3 fully saturated rings. The summed E-state index contributed by atoms with van der Waals surface area (Å²) in [5.74, 6) is -0.755. The quantitative estimate of drug-likeness (QED) is 0.445. The van der Waals surface area contributed by atoms with Gasteiger partial charge in [-0.3, -0.25) is 14.4 Å². The van der Waals surface area contributed by atoms with Gasteiger partial charge in [-0.25, -0.2) is 0 Å². The molecule has 20 heavy (non-hydrogen) atoms. The van der Waals surface area contributed by atoms with Crippen molar-refractivity contribution in [1.82, 2.24) is 4.90 Å². The lowest BCUT2D eigenvalue weighted by Gasteiger charge is -2.42. The molecule has 110 valence electrons. The molecule has 3 rings (SSSR count). The average molecular weight is 297 g/mol. The van der Waals surface area contributed by atoms with Crippen molar-refractivity contribution in [3.63, 3.8) is 0 Å². The Hall–Kier alpha value is -1.04. The highest BCUT2D eigenvalue weighted by molar-refractivity contribution is 8.01. The Morgan fingerprint density at radius 2 is 1.95 bits per heavy atom. The molecule has 1 saturated carbocycles. The maximum absolute atomic E-state index is 12.5. The Morgan fingerprint density at radius 1 is 1.25 bits per heavy atom. The Labute approximate surface area is 122 Å². The summed E-state index contributed by atoms with van der Waals surface area (Å²) in [6, 6.07) is 0. The van der Waals surface area contributed by atoms with E-state index in [9.17, 15) is 14.4 Å².